The van der Waals surface area contributed by atoms with Crippen LogP contribution in [0.2, 0.25) is 0 Å². The van der Waals surface area contributed by atoms with E-state index >= 15 is 0 Å². The Morgan fingerprint density at radius 1 is 0.523 bits per heavy atom. The van der Waals surface area contributed by atoms with E-state index in [1.54, 1.807) is 0 Å². The Hall–Kier alpha value is -2.10. The molecule has 0 amide bonds. The SMILES string of the molecule is CC/C=C\C/C=C\C/C=C\C/C=C\CCCCC(=O)OC(CC)CCCCCCCCCCCCCCCCCCC(=O)O. The molecule has 0 aromatic rings. The molecule has 0 aliphatic heterocycles. The molecule has 0 fully saturated rings. The van der Waals surface area contributed by atoms with Crippen molar-refractivity contribution in [1.29, 1.82) is 0 Å². The van der Waals surface area contributed by atoms with E-state index in [9.17, 15) is 9.59 Å². The number of rotatable bonds is 33. The van der Waals surface area contributed by atoms with Crippen LogP contribution in [0, 0.1) is 0 Å². The fourth-order valence-corrected chi connectivity index (χ4v) is 5.34. The zero-order valence-electron chi connectivity index (χ0n) is 29.0. The molecule has 0 aliphatic rings. The summed E-state index contributed by atoms with van der Waals surface area (Å²) < 4.78 is 5.76. The van der Waals surface area contributed by atoms with Gasteiger partial charge in [0.1, 0.15) is 6.10 Å². The molecule has 1 atom stereocenters. The Balaban J connectivity index is 3.51. The lowest BCUT2D eigenvalue weighted by Crippen LogP contribution is -2.17. The topological polar surface area (TPSA) is 63.6 Å². The molecule has 1 unspecified atom stereocenters. The highest BCUT2D eigenvalue weighted by Crippen LogP contribution is 2.16. The van der Waals surface area contributed by atoms with Gasteiger partial charge in [0.15, 0.2) is 0 Å². The molecule has 44 heavy (non-hydrogen) atoms. The molecule has 254 valence electrons. The number of carboxylic acids is 1. The van der Waals surface area contributed by atoms with Gasteiger partial charge in [0.25, 0.3) is 0 Å². The molecule has 0 heterocycles. The van der Waals surface area contributed by atoms with E-state index in [-0.39, 0.29) is 12.1 Å². The second-order valence-electron chi connectivity index (χ2n) is 12.4. The minimum atomic E-state index is -0.666. The van der Waals surface area contributed by atoms with E-state index in [0.717, 1.165) is 77.0 Å². The van der Waals surface area contributed by atoms with Gasteiger partial charge in [0.05, 0.1) is 0 Å². The van der Waals surface area contributed by atoms with Gasteiger partial charge in [-0.2, -0.15) is 0 Å². The highest BCUT2D eigenvalue weighted by Gasteiger charge is 2.12. The Morgan fingerprint density at radius 3 is 1.39 bits per heavy atom. The van der Waals surface area contributed by atoms with E-state index in [0.29, 0.717) is 12.8 Å². The summed E-state index contributed by atoms with van der Waals surface area (Å²) in [5, 5.41) is 8.65. The lowest BCUT2D eigenvalue weighted by Gasteiger charge is -2.16. The first-order valence-corrected chi connectivity index (χ1v) is 18.6. The van der Waals surface area contributed by atoms with E-state index in [2.05, 4.69) is 62.5 Å². The molecule has 0 spiro atoms. The van der Waals surface area contributed by atoms with Crippen molar-refractivity contribution < 1.29 is 19.4 Å². The second-order valence-corrected chi connectivity index (χ2v) is 12.4. The van der Waals surface area contributed by atoms with Gasteiger partial charge >= 0.3 is 11.9 Å². The van der Waals surface area contributed by atoms with Gasteiger partial charge in [-0.1, -0.05) is 152 Å². The van der Waals surface area contributed by atoms with Crippen molar-refractivity contribution in [3.05, 3.63) is 48.6 Å². The molecule has 0 rings (SSSR count). The summed E-state index contributed by atoms with van der Waals surface area (Å²) >= 11 is 0. The molecule has 0 aliphatic carbocycles. The average Bonchev–Trinajstić information content (AvgIpc) is 3.01. The summed E-state index contributed by atoms with van der Waals surface area (Å²) in [6.07, 6.45) is 47.9. The fraction of sp³-hybridized carbons (Fsp3) is 0.750. The van der Waals surface area contributed by atoms with Crippen LogP contribution in [0.1, 0.15) is 187 Å². The summed E-state index contributed by atoms with van der Waals surface area (Å²) in [5.41, 5.74) is 0. The number of carbonyl (C=O) groups excluding carboxylic acids is 1. The number of allylic oxidation sites excluding steroid dienone is 8. The Morgan fingerprint density at radius 2 is 0.932 bits per heavy atom. The van der Waals surface area contributed by atoms with E-state index in [1.807, 2.05) is 0 Å². The van der Waals surface area contributed by atoms with E-state index in [4.69, 9.17) is 9.84 Å². The largest absolute Gasteiger partial charge is 0.481 e. The number of hydrogen-bond donors (Lipinski definition) is 1. The van der Waals surface area contributed by atoms with Gasteiger partial charge in [-0.05, 0) is 70.6 Å². The van der Waals surface area contributed by atoms with E-state index in [1.165, 1.54) is 83.5 Å². The Bertz CT molecular complexity index is 748. The van der Waals surface area contributed by atoms with E-state index < -0.39 is 5.97 Å². The first-order valence-electron chi connectivity index (χ1n) is 18.6. The molecule has 0 bridgehead atoms. The van der Waals surface area contributed by atoms with Crippen LogP contribution in [0.3, 0.4) is 0 Å². The predicted octanol–water partition coefficient (Wildman–Crippen LogP) is 12.8. The fourth-order valence-electron chi connectivity index (χ4n) is 5.34. The van der Waals surface area contributed by atoms with Crippen LogP contribution in [0.25, 0.3) is 0 Å². The van der Waals surface area contributed by atoms with Crippen molar-refractivity contribution in [3.63, 3.8) is 0 Å². The number of hydrogen-bond acceptors (Lipinski definition) is 3. The van der Waals surface area contributed by atoms with Crippen LogP contribution < -0.4 is 0 Å². The highest BCUT2D eigenvalue weighted by molar-refractivity contribution is 5.69. The molecule has 4 heteroatoms. The first kappa shape index (κ1) is 41.9. The third-order valence-corrected chi connectivity index (χ3v) is 8.14. The van der Waals surface area contributed by atoms with Crippen LogP contribution in [-0.2, 0) is 14.3 Å². The van der Waals surface area contributed by atoms with Crippen LogP contribution in [0.5, 0.6) is 0 Å². The smallest absolute Gasteiger partial charge is 0.306 e. The molecule has 0 saturated heterocycles. The van der Waals surface area contributed by atoms with Gasteiger partial charge in [-0.3, -0.25) is 9.59 Å². The van der Waals surface area contributed by atoms with Crippen molar-refractivity contribution in [3.8, 4) is 0 Å². The zero-order chi connectivity index (χ0) is 32.2. The van der Waals surface area contributed by atoms with Crippen molar-refractivity contribution in [1.82, 2.24) is 0 Å². The summed E-state index contributed by atoms with van der Waals surface area (Å²) in [7, 11) is 0. The molecule has 0 radical (unpaired) electrons. The van der Waals surface area contributed by atoms with Crippen LogP contribution in [-0.4, -0.2) is 23.1 Å². The minimum Gasteiger partial charge on any atom is -0.481 e. The molecule has 4 nitrogen and oxygen atoms in total. The number of esters is 1. The van der Waals surface area contributed by atoms with Gasteiger partial charge in [0.2, 0.25) is 0 Å². The molecular formula is C40H70O4. The van der Waals surface area contributed by atoms with Crippen molar-refractivity contribution in [2.24, 2.45) is 0 Å². The Kier molecular flexibility index (Phi) is 33.7. The van der Waals surface area contributed by atoms with Crippen LogP contribution >= 0.6 is 0 Å². The molecular weight excluding hydrogens is 544 g/mol. The summed E-state index contributed by atoms with van der Waals surface area (Å²) in [6, 6.07) is 0. The normalized spacial score (nSPS) is 12.8. The van der Waals surface area contributed by atoms with Gasteiger partial charge in [0, 0.05) is 12.8 Å². The molecule has 0 aromatic heterocycles. The van der Waals surface area contributed by atoms with Crippen molar-refractivity contribution in [2.75, 3.05) is 0 Å². The zero-order valence-corrected chi connectivity index (χ0v) is 29.0. The maximum absolute atomic E-state index is 12.3. The number of unbranched alkanes of at least 4 members (excludes halogenated alkanes) is 17. The highest BCUT2D eigenvalue weighted by atomic mass is 16.5. The lowest BCUT2D eigenvalue weighted by atomic mass is 10.0. The van der Waals surface area contributed by atoms with Gasteiger partial charge in [-0.15, -0.1) is 0 Å². The number of carbonyl (C=O) groups is 2. The summed E-state index contributed by atoms with van der Waals surface area (Å²) in [6.45, 7) is 4.29. The van der Waals surface area contributed by atoms with Crippen LogP contribution in [0.15, 0.2) is 48.6 Å². The maximum Gasteiger partial charge on any atom is 0.306 e. The van der Waals surface area contributed by atoms with Gasteiger partial charge < -0.3 is 9.84 Å². The second kappa shape index (κ2) is 35.4. The minimum absolute atomic E-state index is 0.0185. The maximum atomic E-state index is 12.3. The van der Waals surface area contributed by atoms with Crippen molar-refractivity contribution in [2.45, 2.75) is 193 Å². The average molecular weight is 615 g/mol. The monoisotopic (exact) mass is 615 g/mol. The lowest BCUT2D eigenvalue weighted by molar-refractivity contribution is -0.149. The third-order valence-electron chi connectivity index (χ3n) is 8.14. The quantitative estimate of drug-likeness (QED) is 0.0454. The first-order chi connectivity index (χ1) is 21.6. The molecule has 0 saturated carbocycles. The number of ether oxygens (including phenoxy) is 1. The predicted molar refractivity (Wildman–Crippen MR) is 190 cm³/mol. The number of carboxylic acid groups (broad SMARTS) is 1. The third kappa shape index (κ3) is 34.4. The summed E-state index contributed by atoms with van der Waals surface area (Å²) in [4.78, 5) is 22.8. The molecule has 1 N–H and O–H groups in total. The van der Waals surface area contributed by atoms with Crippen LogP contribution in [0.4, 0.5) is 0 Å². The standard InChI is InChI=1S/C40H70O4/c1-3-5-6-7-8-9-10-11-14-19-22-25-28-31-34-37-40(43)44-38(4-2)35-32-29-26-23-20-17-15-12-13-16-18-21-24-27-30-33-36-39(41)42/h5-6,8-9,11,14,22,25,38H,3-4,7,10,12-13,15-21,23-24,26-37H2,1-2H3,(H,41,42)/b6-5-,9-8-,14-11-,25-22-. The number of aliphatic carboxylic acids is 1. The molecule has 0 aromatic carbocycles. The van der Waals surface area contributed by atoms with Gasteiger partial charge in [-0.25, -0.2) is 0 Å². The Labute approximate surface area is 272 Å². The van der Waals surface area contributed by atoms with Crippen molar-refractivity contribution >= 4 is 11.9 Å². The summed E-state index contributed by atoms with van der Waals surface area (Å²) in [5.74, 6) is -0.684.